The van der Waals surface area contributed by atoms with Gasteiger partial charge in [0.2, 0.25) is 0 Å². The van der Waals surface area contributed by atoms with Crippen LogP contribution in [0.15, 0.2) is 36.5 Å². The molecule has 2 heteroatoms. The number of benzene rings is 1. The van der Waals surface area contributed by atoms with Crippen molar-refractivity contribution in [2.75, 3.05) is 6.54 Å². The van der Waals surface area contributed by atoms with E-state index in [1.165, 1.54) is 11.1 Å². The quantitative estimate of drug-likeness (QED) is 0.570. The van der Waals surface area contributed by atoms with E-state index in [1.54, 1.807) is 6.08 Å². The Hall–Kier alpha value is -1.57. The van der Waals surface area contributed by atoms with Crippen molar-refractivity contribution in [3.63, 3.8) is 0 Å². The Morgan fingerprint density at radius 2 is 2.25 bits per heavy atom. The number of rotatable bonds is 3. The standard InChI is InChI=1S/C14H17NO/c1-2-14-13-7-4-3-6-12(13)8-10-15(14)9-5-11-16/h3-7,9,11,14H,2,8,10H2,1H3. The van der Waals surface area contributed by atoms with Crippen LogP contribution < -0.4 is 0 Å². The Morgan fingerprint density at radius 3 is 3.00 bits per heavy atom. The molecule has 2 nitrogen and oxygen atoms in total. The van der Waals surface area contributed by atoms with Gasteiger partial charge < -0.3 is 4.90 Å². The molecule has 1 unspecified atom stereocenters. The number of carbonyl (C=O) groups is 1. The van der Waals surface area contributed by atoms with E-state index >= 15 is 0 Å². The molecule has 1 aliphatic rings. The lowest BCUT2D eigenvalue weighted by atomic mass is 9.91. The zero-order valence-electron chi connectivity index (χ0n) is 9.60. The van der Waals surface area contributed by atoms with E-state index in [0.29, 0.717) is 6.04 Å². The van der Waals surface area contributed by atoms with Gasteiger partial charge in [0.15, 0.2) is 0 Å². The molecular formula is C14H17NO. The maximum absolute atomic E-state index is 10.4. The molecule has 16 heavy (non-hydrogen) atoms. The monoisotopic (exact) mass is 215 g/mol. The van der Waals surface area contributed by atoms with E-state index in [-0.39, 0.29) is 0 Å². The second-order valence-electron chi connectivity index (χ2n) is 4.09. The molecule has 0 radical (unpaired) electrons. The third-order valence-electron chi connectivity index (χ3n) is 3.20. The van der Waals surface area contributed by atoms with Crippen molar-refractivity contribution in [1.29, 1.82) is 0 Å². The Morgan fingerprint density at radius 1 is 1.44 bits per heavy atom. The molecule has 0 saturated carbocycles. The van der Waals surface area contributed by atoms with Gasteiger partial charge in [-0.25, -0.2) is 0 Å². The lowest BCUT2D eigenvalue weighted by Gasteiger charge is -2.36. The number of aldehydes is 1. The van der Waals surface area contributed by atoms with Gasteiger partial charge in [-0.2, -0.15) is 0 Å². The van der Waals surface area contributed by atoms with Gasteiger partial charge in [-0.05, 0) is 30.0 Å². The smallest absolute Gasteiger partial charge is 0.144 e. The second kappa shape index (κ2) is 4.97. The van der Waals surface area contributed by atoms with Crippen LogP contribution in [0, 0.1) is 0 Å². The van der Waals surface area contributed by atoms with Crippen molar-refractivity contribution in [3.05, 3.63) is 47.7 Å². The van der Waals surface area contributed by atoms with E-state index in [1.807, 2.05) is 6.20 Å². The molecule has 0 fully saturated rings. The molecule has 1 aromatic carbocycles. The minimum absolute atomic E-state index is 0.418. The van der Waals surface area contributed by atoms with E-state index in [0.717, 1.165) is 25.7 Å². The summed E-state index contributed by atoms with van der Waals surface area (Å²) in [5.74, 6) is 0. The highest BCUT2D eigenvalue weighted by molar-refractivity contribution is 5.64. The summed E-state index contributed by atoms with van der Waals surface area (Å²) in [6, 6.07) is 9.02. The highest BCUT2D eigenvalue weighted by Gasteiger charge is 2.22. The first-order valence-corrected chi connectivity index (χ1v) is 5.82. The average Bonchev–Trinajstić information content (AvgIpc) is 2.35. The fourth-order valence-electron chi connectivity index (χ4n) is 2.45. The molecule has 0 aromatic heterocycles. The van der Waals surface area contributed by atoms with Crippen LogP contribution in [0.25, 0.3) is 0 Å². The van der Waals surface area contributed by atoms with Crippen LogP contribution in [0.3, 0.4) is 0 Å². The molecule has 1 atom stereocenters. The molecule has 0 N–H and O–H groups in total. The van der Waals surface area contributed by atoms with Gasteiger partial charge in [-0.15, -0.1) is 0 Å². The SMILES string of the molecule is CCC1c2ccccc2CCN1C=CC=O. The van der Waals surface area contributed by atoms with Crippen LogP contribution in [0.2, 0.25) is 0 Å². The minimum atomic E-state index is 0.418. The molecule has 0 aliphatic carbocycles. The predicted octanol–water partition coefficient (Wildman–Crippen LogP) is 2.71. The molecule has 1 heterocycles. The Labute approximate surface area is 96.6 Å². The minimum Gasteiger partial charge on any atom is -0.370 e. The Kier molecular flexibility index (Phi) is 3.40. The Balaban J connectivity index is 2.29. The van der Waals surface area contributed by atoms with E-state index < -0.39 is 0 Å². The van der Waals surface area contributed by atoms with Gasteiger partial charge in [0.25, 0.3) is 0 Å². The van der Waals surface area contributed by atoms with E-state index in [9.17, 15) is 4.79 Å². The van der Waals surface area contributed by atoms with Crippen LogP contribution in [-0.2, 0) is 11.2 Å². The van der Waals surface area contributed by atoms with Crippen molar-refractivity contribution in [1.82, 2.24) is 4.90 Å². The zero-order chi connectivity index (χ0) is 11.4. The molecule has 0 saturated heterocycles. The van der Waals surface area contributed by atoms with Gasteiger partial charge in [-0.3, -0.25) is 4.79 Å². The van der Waals surface area contributed by atoms with Gasteiger partial charge in [-0.1, -0.05) is 31.2 Å². The molecule has 0 bridgehead atoms. The van der Waals surface area contributed by atoms with Crippen LogP contribution in [-0.4, -0.2) is 17.7 Å². The lowest BCUT2D eigenvalue weighted by Crippen LogP contribution is -2.30. The van der Waals surface area contributed by atoms with Crippen LogP contribution in [0.1, 0.15) is 30.5 Å². The molecule has 0 spiro atoms. The predicted molar refractivity (Wildman–Crippen MR) is 65.1 cm³/mol. The highest BCUT2D eigenvalue weighted by Crippen LogP contribution is 2.31. The molecule has 84 valence electrons. The van der Waals surface area contributed by atoms with Crippen LogP contribution in [0.5, 0.6) is 0 Å². The normalized spacial score (nSPS) is 19.8. The topological polar surface area (TPSA) is 20.3 Å². The molecule has 1 aromatic rings. The number of allylic oxidation sites excluding steroid dienone is 1. The fraction of sp³-hybridized carbons (Fsp3) is 0.357. The number of hydrogen-bond donors (Lipinski definition) is 0. The maximum atomic E-state index is 10.4. The second-order valence-corrected chi connectivity index (χ2v) is 4.09. The fourth-order valence-corrected chi connectivity index (χ4v) is 2.45. The first-order valence-electron chi connectivity index (χ1n) is 5.82. The van der Waals surface area contributed by atoms with Gasteiger partial charge in [0, 0.05) is 12.7 Å². The summed E-state index contributed by atoms with van der Waals surface area (Å²) >= 11 is 0. The third kappa shape index (κ3) is 2.01. The summed E-state index contributed by atoms with van der Waals surface area (Å²) in [5, 5.41) is 0. The summed E-state index contributed by atoms with van der Waals surface area (Å²) in [4.78, 5) is 12.6. The summed E-state index contributed by atoms with van der Waals surface area (Å²) in [5.41, 5.74) is 2.86. The van der Waals surface area contributed by atoms with Gasteiger partial charge >= 0.3 is 0 Å². The number of hydrogen-bond acceptors (Lipinski definition) is 2. The maximum Gasteiger partial charge on any atom is 0.144 e. The summed E-state index contributed by atoms with van der Waals surface area (Å²) in [6.07, 6.45) is 6.47. The Bertz CT molecular complexity index is 397. The van der Waals surface area contributed by atoms with E-state index in [4.69, 9.17) is 0 Å². The van der Waals surface area contributed by atoms with Crippen LogP contribution >= 0.6 is 0 Å². The molecular weight excluding hydrogens is 198 g/mol. The lowest BCUT2D eigenvalue weighted by molar-refractivity contribution is -0.104. The number of fused-ring (bicyclic) bond motifs is 1. The molecule has 0 amide bonds. The van der Waals surface area contributed by atoms with Crippen molar-refractivity contribution >= 4 is 6.29 Å². The summed E-state index contributed by atoms with van der Waals surface area (Å²) in [7, 11) is 0. The largest absolute Gasteiger partial charge is 0.370 e. The summed E-state index contributed by atoms with van der Waals surface area (Å²) < 4.78 is 0. The number of carbonyl (C=O) groups excluding carboxylic acids is 1. The average molecular weight is 215 g/mol. The van der Waals surface area contributed by atoms with E-state index in [2.05, 4.69) is 36.1 Å². The van der Waals surface area contributed by atoms with Crippen molar-refractivity contribution in [2.45, 2.75) is 25.8 Å². The van der Waals surface area contributed by atoms with Gasteiger partial charge in [0.05, 0.1) is 6.04 Å². The zero-order valence-corrected chi connectivity index (χ0v) is 9.60. The van der Waals surface area contributed by atoms with Crippen molar-refractivity contribution in [3.8, 4) is 0 Å². The summed E-state index contributed by atoms with van der Waals surface area (Å²) in [6.45, 7) is 3.19. The van der Waals surface area contributed by atoms with Crippen molar-refractivity contribution in [2.24, 2.45) is 0 Å². The molecule has 1 aliphatic heterocycles. The third-order valence-corrected chi connectivity index (χ3v) is 3.20. The molecule has 2 rings (SSSR count). The first kappa shape index (κ1) is 10.9. The highest BCUT2D eigenvalue weighted by atomic mass is 16.1. The number of nitrogens with zero attached hydrogens (tertiary/aromatic N) is 1. The van der Waals surface area contributed by atoms with Crippen molar-refractivity contribution < 1.29 is 4.79 Å². The first-order chi connectivity index (χ1) is 7.86. The van der Waals surface area contributed by atoms with Gasteiger partial charge in [0.1, 0.15) is 6.29 Å². The van der Waals surface area contributed by atoms with Crippen LogP contribution in [0.4, 0.5) is 0 Å².